The number of ether oxygens (including phenoxy) is 1. The minimum Gasteiger partial charge on any atom is -0.507 e. The number of esters is 1. The molecule has 6 heteroatoms. The maximum atomic E-state index is 12.0. The van der Waals surface area contributed by atoms with Crippen molar-refractivity contribution < 1.29 is 19.4 Å². The van der Waals surface area contributed by atoms with E-state index in [1.165, 1.54) is 19.1 Å². The van der Waals surface area contributed by atoms with Gasteiger partial charge in [0.2, 0.25) is 0 Å². The second kappa shape index (κ2) is 7.28. The zero-order chi connectivity index (χ0) is 17.0. The van der Waals surface area contributed by atoms with Crippen LogP contribution in [0.25, 0.3) is 0 Å². The Balaban J connectivity index is 2.00. The quantitative estimate of drug-likeness (QED) is 0.797. The molecule has 1 atom stereocenters. The Bertz CT molecular complexity index is 728. The number of halogens is 1. The van der Waals surface area contributed by atoms with Crippen LogP contribution in [0.4, 0.5) is 5.69 Å². The van der Waals surface area contributed by atoms with Crippen LogP contribution in [0.5, 0.6) is 5.75 Å². The summed E-state index contributed by atoms with van der Waals surface area (Å²) in [7, 11) is 0. The molecule has 2 aromatic rings. The fourth-order valence-corrected chi connectivity index (χ4v) is 2.13. The standard InChI is InChI=1S/C17H16BrNO4/c1-10-3-8-14(15(20)9-10)17(22)23-11(2)16(21)19-13-6-4-12(18)5-7-13/h3-9,11,20H,1-2H3,(H,19,21)/t11-/m0/s1. The van der Waals surface area contributed by atoms with Gasteiger partial charge in [-0.3, -0.25) is 4.79 Å². The molecule has 0 aromatic heterocycles. The number of phenols is 1. The minimum absolute atomic E-state index is 0.0268. The van der Waals surface area contributed by atoms with Crippen LogP contribution in [0.2, 0.25) is 0 Å². The maximum Gasteiger partial charge on any atom is 0.342 e. The van der Waals surface area contributed by atoms with Gasteiger partial charge in [0, 0.05) is 10.2 Å². The van der Waals surface area contributed by atoms with Crippen molar-refractivity contribution in [1.82, 2.24) is 0 Å². The smallest absolute Gasteiger partial charge is 0.342 e. The zero-order valence-corrected chi connectivity index (χ0v) is 14.3. The predicted molar refractivity (Wildman–Crippen MR) is 90.5 cm³/mol. The average Bonchev–Trinajstić information content (AvgIpc) is 2.49. The highest BCUT2D eigenvalue weighted by Gasteiger charge is 2.21. The molecule has 0 unspecified atom stereocenters. The van der Waals surface area contributed by atoms with Crippen LogP contribution in [-0.2, 0) is 9.53 Å². The molecule has 0 aliphatic rings. The van der Waals surface area contributed by atoms with Crippen molar-refractivity contribution >= 4 is 33.5 Å². The number of aromatic hydroxyl groups is 1. The summed E-state index contributed by atoms with van der Waals surface area (Å²) in [5, 5.41) is 12.4. The third kappa shape index (κ3) is 4.56. The van der Waals surface area contributed by atoms with Crippen molar-refractivity contribution in [1.29, 1.82) is 0 Å². The largest absolute Gasteiger partial charge is 0.507 e. The molecule has 1 amide bonds. The van der Waals surface area contributed by atoms with Crippen molar-refractivity contribution in [3.63, 3.8) is 0 Å². The molecule has 0 bridgehead atoms. The molecular weight excluding hydrogens is 362 g/mol. The third-order valence-electron chi connectivity index (χ3n) is 3.14. The zero-order valence-electron chi connectivity index (χ0n) is 12.7. The topological polar surface area (TPSA) is 75.6 Å². The Morgan fingerprint density at radius 3 is 2.43 bits per heavy atom. The first-order valence-corrected chi connectivity index (χ1v) is 7.73. The Morgan fingerprint density at radius 2 is 1.83 bits per heavy atom. The lowest BCUT2D eigenvalue weighted by molar-refractivity contribution is -0.123. The summed E-state index contributed by atoms with van der Waals surface area (Å²) in [6, 6.07) is 11.6. The maximum absolute atomic E-state index is 12.0. The van der Waals surface area contributed by atoms with E-state index in [9.17, 15) is 14.7 Å². The van der Waals surface area contributed by atoms with Crippen LogP contribution in [0.15, 0.2) is 46.9 Å². The third-order valence-corrected chi connectivity index (χ3v) is 3.67. The second-order valence-corrected chi connectivity index (χ2v) is 5.98. The molecule has 2 aromatic carbocycles. The number of rotatable bonds is 4. The summed E-state index contributed by atoms with van der Waals surface area (Å²) >= 11 is 3.31. The molecular formula is C17H16BrNO4. The molecule has 0 fully saturated rings. The molecule has 23 heavy (non-hydrogen) atoms. The molecule has 0 radical (unpaired) electrons. The molecule has 0 spiro atoms. The fraction of sp³-hybridized carbons (Fsp3) is 0.176. The summed E-state index contributed by atoms with van der Waals surface area (Å²) in [6.07, 6.45) is -0.994. The predicted octanol–water partition coefficient (Wildman–Crippen LogP) is 3.65. The van der Waals surface area contributed by atoms with Gasteiger partial charge in [-0.2, -0.15) is 0 Å². The Morgan fingerprint density at radius 1 is 1.17 bits per heavy atom. The van der Waals surface area contributed by atoms with Crippen LogP contribution in [0.3, 0.4) is 0 Å². The number of amides is 1. The van der Waals surface area contributed by atoms with E-state index in [0.717, 1.165) is 10.0 Å². The van der Waals surface area contributed by atoms with E-state index in [1.54, 1.807) is 37.3 Å². The van der Waals surface area contributed by atoms with E-state index in [4.69, 9.17) is 4.74 Å². The van der Waals surface area contributed by atoms with E-state index in [2.05, 4.69) is 21.2 Å². The first-order valence-electron chi connectivity index (χ1n) is 6.94. The lowest BCUT2D eigenvalue weighted by Crippen LogP contribution is -2.30. The molecule has 0 aliphatic heterocycles. The van der Waals surface area contributed by atoms with Gasteiger partial charge < -0.3 is 15.2 Å². The van der Waals surface area contributed by atoms with Gasteiger partial charge in [0.05, 0.1) is 0 Å². The molecule has 2 N–H and O–H groups in total. The Labute approximate surface area is 142 Å². The molecule has 0 aliphatic carbocycles. The number of benzene rings is 2. The van der Waals surface area contributed by atoms with Crippen molar-refractivity contribution in [3.05, 3.63) is 58.1 Å². The van der Waals surface area contributed by atoms with E-state index >= 15 is 0 Å². The van der Waals surface area contributed by atoms with Crippen LogP contribution in [0.1, 0.15) is 22.8 Å². The van der Waals surface area contributed by atoms with Gasteiger partial charge in [-0.05, 0) is 55.8 Å². The van der Waals surface area contributed by atoms with Crippen molar-refractivity contribution in [2.24, 2.45) is 0 Å². The molecule has 0 saturated carbocycles. The summed E-state index contributed by atoms with van der Waals surface area (Å²) in [6.45, 7) is 3.26. The Hall–Kier alpha value is -2.34. The van der Waals surface area contributed by atoms with E-state index in [-0.39, 0.29) is 11.3 Å². The second-order valence-electron chi connectivity index (χ2n) is 5.06. The SMILES string of the molecule is Cc1ccc(C(=O)O[C@@H](C)C(=O)Nc2ccc(Br)cc2)c(O)c1. The van der Waals surface area contributed by atoms with Crippen LogP contribution in [0, 0.1) is 6.92 Å². The van der Waals surface area contributed by atoms with Gasteiger partial charge in [0.25, 0.3) is 5.91 Å². The van der Waals surface area contributed by atoms with Gasteiger partial charge >= 0.3 is 5.97 Å². The molecule has 0 heterocycles. The number of nitrogens with one attached hydrogen (secondary N) is 1. The monoisotopic (exact) mass is 377 g/mol. The number of phenolic OH excluding ortho intramolecular Hbond substituents is 1. The van der Waals surface area contributed by atoms with E-state index in [0.29, 0.717) is 5.69 Å². The lowest BCUT2D eigenvalue weighted by atomic mass is 10.1. The lowest BCUT2D eigenvalue weighted by Gasteiger charge is -2.14. The van der Waals surface area contributed by atoms with Crippen molar-refractivity contribution in [2.45, 2.75) is 20.0 Å². The first-order chi connectivity index (χ1) is 10.9. The number of aryl methyl sites for hydroxylation is 1. The number of hydrogen-bond donors (Lipinski definition) is 2. The number of carbonyl (C=O) groups excluding carboxylic acids is 2. The average molecular weight is 378 g/mol. The first kappa shape index (κ1) is 17.0. The van der Waals surface area contributed by atoms with Crippen LogP contribution in [-0.4, -0.2) is 23.1 Å². The van der Waals surface area contributed by atoms with E-state index < -0.39 is 18.0 Å². The van der Waals surface area contributed by atoms with Crippen LogP contribution >= 0.6 is 15.9 Å². The normalized spacial score (nSPS) is 11.6. The van der Waals surface area contributed by atoms with Crippen molar-refractivity contribution in [3.8, 4) is 5.75 Å². The molecule has 120 valence electrons. The Kier molecular flexibility index (Phi) is 5.39. The molecule has 0 saturated heterocycles. The van der Waals surface area contributed by atoms with Gasteiger partial charge in [-0.15, -0.1) is 0 Å². The van der Waals surface area contributed by atoms with E-state index in [1.807, 2.05) is 0 Å². The van der Waals surface area contributed by atoms with Crippen LogP contribution < -0.4 is 5.32 Å². The van der Waals surface area contributed by atoms with Gasteiger partial charge in [0.1, 0.15) is 11.3 Å². The highest BCUT2D eigenvalue weighted by molar-refractivity contribution is 9.10. The number of anilines is 1. The van der Waals surface area contributed by atoms with Gasteiger partial charge in [-0.25, -0.2) is 4.79 Å². The highest BCUT2D eigenvalue weighted by atomic mass is 79.9. The summed E-state index contributed by atoms with van der Waals surface area (Å²) < 4.78 is 5.99. The van der Waals surface area contributed by atoms with Gasteiger partial charge in [-0.1, -0.05) is 22.0 Å². The highest BCUT2D eigenvalue weighted by Crippen LogP contribution is 2.20. The number of carbonyl (C=O) groups is 2. The van der Waals surface area contributed by atoms with Crippen molar-refractivity contribution in [2.75, 3.05) is 5.32 Å². The summed E-state index contributed by atoms with van der Waals surface area (Å²) in [5.41, 5.74) is 1.44. The minimum atomic E-state index is -0.994. The van der Waals surface area contributed by atoms with Gasteiger partial charge in [0.15, 0.2) is 6.10 Å². The summed E-state index contributed by atoms with van der Waals surface area (Å²) in [4.78, 5) is 24.1. The number of hydrogen-bond acceptors (Lipinski definition) is 4. The fourth-order valence-electron chi connectivity index (χ4n) is 1.87. The summed E-state index contributed by atoms with van der Waals surface area (Å²) in [5.74, 6) is -1.37. The molecule has 2 rings (SSSR count). The molecule has 5 nitrogen and oxygen atoms in total.